The zero-order valence-electron chi connectivity index (χ0n) is 8.68. The van der Waals surface area contributed by atoms with E-state index < -0.39 is 42.4 Å². The van der Waals surface area contributed by atoms with E-state index in [0.717, 1.165) is 6.07 Å². The van der Waals surface area contributed by atoms with Crippen molar-refractivity contribution in [1.82, 2.24) is 9.55 Å². The van der Waals surface area contributed by atoms with Gasteiger partial charge in [0.05, 0.1) is 6.61 Å². The summed E-state index contributed by atoms with van der Waals surface area (Å²) in [5.41, 5.74) is -1.42. The Morgan fingerprint density at radius 3 is 2.59 bits per heavy atom. The second-order valence-corrected chi connectivity index (χ2v) is 3.72. The quantitative estimate of drug-likeness (QED) is 0.444. The third-order valence-corrected chi connectivity index (χ3v) is 2.66. The minimum absolute atomic E-state index is 0.520. The zero-order valence-corrected chi connectivity index (χ0v) is 8.68. The summed E-state index contributed by atoms with van der Waals surface area (Å²) in [6.07, 6.45) is -3.96. The molecule has 1 aromatic rings. The van der Waals surface area contributed by atoms with Gasteiger partial charge in [-0.25, -0.2) is 9.36 Å². The van der Waals surface area contributed by atoms with Gasteiger partial charge in [-0.1, -0.05) is 0 Å². The molecule has 0 saturated carbocycles. The number of aromatic amines is 1. The summed E-state index contributed by atoms with van der Waals surface area (Å²) >= 11 is 0. The third kappa shape index (κ3) is 1.91. The van der Waals surface area contributed by atoms with E-state index in [1.807, 2.05) is 0 Å². The molecule has 2 heterocycles. The number of aliphatic hydroxyl groups is 3. The molecule has 4 atom stereocenters. The maximum Gasteiger partial charge on any atom is 0.330 e. The first-order valence-electron chi connectivity index (χ1n) is 4.99. The number of hydrogen-bond acceptors (Lipinski definition) is 6. The van der Waals surface area contributed by atoms with Crippen molar-refractivity contribution in [3.8, 4) is 0 Å². The second kappa shape index (κ2) is 4.41. The van der Waals surface area contributed by atoms with Crippen molar-refractivity contribution in [3.63, 3.8) is 0 Å². The van der Waals surface area contributed by atoms with Gasteiger partial charge in [0.2, 0.25) is 0 Å². The van der Waals surface area contributed by atoms with Crippen LogP contribution in [0.15, 0.2) is 21.9 Å². The van der Waals surface area contributed by atoms with Gasteiger partial charge < -0.3 is 25.0 Å². The van der Waals surface area contributed by atoms with Crippen LogP contribution in [0.5, 0.6) is 0 Å². The summed E-state index contributed by atoms with van der Waals surface area (Å²) in [4.78, 5) is 25.2. The van der Waals surface area contributed by atoms with Crippen molar-refractivity contribution in [1.29, 1.82) is 0 Å². The molecule has 1 unspecified atom stereocenters. The molecular weight excluding hydrogens is 232 g/mol. The number of rotatable bonds is 2. The molecule has 0 aromatic carbocycles. The average molecular weight is 244 g/mol. The molecule has 8 heteroatoms. The highest BCUT2D eigenvalue weighted by Crippen LogP contribution is 2.26. The van der Waals surface area contributed by atoms with Gasteiger partial charge in [-0.05, 0) is 0 Å². The fraction of sp³-hybridized carbons (Fsp3) is 0.556. The summed E-state index contributed by atoms with van der Waals surface area (Å²) < 4.78 is 5.73. The highest BCUT2D eigenvalue weighted by molar-refractivity contribution is 4.93. The highest BCUT2D eigenvalue weighted by Gasteiger charge is 2.44. The van der Waals surface area contributed by atoms with E-state index in [9.17, 15) is 19.8 Å². The molecule has 17 heavy (non-hydrogen) atoms. The van der Waals surface area contributed by atoms with Crippen molar-refractivity contribution in [3.05, 3.63) is 33.1 Å². The number of ether oxygens (including phenoxy) is 1. The Labute approximate surface area is 94.7 Å². The van der Waals surface area contributed by atoms with Crippen molar-refractivity contribution in [2.24, 2.45) is 0 Å². The molecule has 8 nitrogen and oxygen atoms in total. The fourth-order valence-corrected chi connectivity index (χ4v) is 1.77. The summed E-state index contributed by atoms with van der Waals surface area (Å²) in [6, 6.07) is 1.09. The van der Waals surface area contributed by atoms with Gasteiger partial charge in [0.15, 0.2) is 6.23 Å². The normalized spacial score (nSPS) is 32.9. The average Bonchev–Trinajstić information content (AvgIpc) is 2.57. The zero-order chi connectivity index (χ0) is 12.6. The number of hydrogen-bond donors (Lipinski definition) is 4. The Morgan fingerprint density at radius 1 is 1.35 bits per heavy atom. The van der Waals surface area contributed by atoms with Gasteiger partial charge in [-0.15, -0.1) is 0 Å². The molecule has 0 aliphatic carbocycles. The largest absolute Gasteiger partial charge is 0.394 e. The van der Waals surface area contributed by atoms with Crippen LogP contribution in [-0.2, 0) is 4.74 Å². The van der Waals surface area contributed by atoms with Crippen LogP contribution in [-0.4, -0.2) is 49.8 Å². The Kier molecular flexibility index (Phi) is 3.11. The minimum Gasteiger partial charge on any atom is -0.394 e. The molecule has 0 bridgehead atoms. The summed E-state index contributed by atoms with van der Waals surface area (Å²) in [7, 11) is 0. The molecule has 1 aliphatic rings. The molecule has 2 rings (SSSR count). The Balaban J connectivity index is 2.42. The molecule has 1 saturated heterocycles. The van der Waals surface area contributed by atoms with Crippen LogP contribution < -0.4 is 11.2 Å². The predicted octanol–water partition coefficient (Wildman–Crippen LogP) is -2.85. The van der Waals surface area contributed by atoms with E-state index in [1.165, 1.54) is 6.20 Å². The molecule has 94 valence electrons. The Morgan fingerprint density at radius 2 is 2.06 bits per heavy atom. The molecule has 0 spiro atoms. The van der Waals surface area contributed by atoms with Gasteiger partial charge in [0.25, 0.3) is 5.56 Å². The maximum absolute atomic E-state index is 11.5. The van der Waals surface area contributed by atoms with E-state index in [-0.39, 0.29) is 0 Å². The lowest BCUT2D eigenvalue weighted by atomic mass is 10.1. The first-order valence-corrected chi connectivity index (χ1v) is 4.99. The molecule has 1 aliphatic heterocycles. The van der Waals surface area contributed by atoms with Gasteiger partial charge in [0, 0.05) is 12.3 Å². The van der Waals surface area contributed by atoms with Crippen LogP contribution in [0.1, 0.15) is 6.23 Å². The molecular formula is C9H12N2O6. The fourth-order valence-electron chi connectivity index (χ4n) is 1.77. The SMILES string of the molecule is O=c1cc[nH]c(=O)n1C1O[C@@H](CO)[C@H](O)[C@@H]1O. The monoisotopic (exact) mass is 244 g/mol. The van der Waals surface area contributed by atoms with Crippen molar-refractivity contribution in [2.75, 3.05) is 6.61 Å². The smallest absolute Gasteiger partial charge is 0.330 e. The van der Waals surface area contributed by atoms with E-state index in [2.05, 4.69) is 4.98 Å². The van der Waals surface area contributed by atoms with E-state index in [1.54, 1.807) is 0 Å². The van der Waals surface area contributed by atoms with Crippen molar-refractivity contribution >= 4 is 0 Å². The van der Waals surface area contributed by atoms with Crippen LogP contribution in [0.25, 0.3) is 0 Å². The summed E-state index contributed by atoms with van der Waals surface area (Å²) in [5.74, 6) is 0. The molecule has 0 amide bonds. The summed E-state index contributed by atoms with van der Waals surface area (Å²) in [5, 5.41) is 28.1. The van der Waals surface area contributed by atoms with E-state index in [4.69, 9.17) is 9.84 Å². The van der Waals surface area contributed by atoms with Crippen LogP contribution in [0.2, 0.25) is 0 Å². The van der Waals surface area contributed by atoms with Gasteiger partial charge in [-0.2, -0.15) is 0 Å². The van der Waals surface area contributed by atoms with Gasteiger partial charge in [-0.3, -0.25) is 4.79 Å². The van der Waals surface area contributed by atoms with E-state index in [0.29, 0.717) is 4.57 Å². The van der Waals surface area contributed by atoms with E-state index >= 15 is 0 Å². The molecule has 1 aromatic heterocycles. The van der Waals surface area contributed by atoms with Crippen LogP contribution in [0.3, 0.4) is 0 Å². The lowest BCUT2D eigenvalue weighted by molar-refractivity contribution is -0.0564. The Bertz CT molecular complexity index is 480. The van der Waals surface area contributed by atoms with Crippen molar-refractivity contribution in [2.45, 2.75) is 24.5 Å². The Hall–Kier alpha value is -1.48. The standard InChI is InChI=1S/C9H12N2O6/c12-3-4-6(14)7(15)8(17-4)11-5(13)1-2-10-9(11)16/h1-2,4,6-8,12,14-15H,3H2,(H,10,16)/t4-,6-,7-,8?/m0/s1. The first-order chi connectivity index (χ1) is 8.06. The maximum atomic E-state index is 11.5. The minimum atomic E-state index is -1.45. The topological polar surface area (TPSA) is 125 Å². The highest BCUT2D eigenvalue weighted by atomic mass is 16.6. The lowest BCUT2D eigenvalue weighted by Gasteiger charge is -2.15. The lowest BCUT2D eigenvalue weighted by Crippen LogP contribution is -2.42. The number of H-pyrrole nitrogens is 1. The van der Waals surface area contributed by atoms with Gasteiger partial charge in [0.1, 0.15) is 18.3 Å². The van der Waals surface area contributed by atoms with Crippen molar-refractivity contribution < 1.29 is 20.1 Å². The molecule has 1 fully saturated rings. The molecule has 0 radical (unpaired) electrons. The molecule has 4 N–H and O–H groups in total. The predicted molar refractivity (Wildman–Crippen MR) is 54.3 cm³/mol. The van der Waals surface area contributed by atoms with Crippen LogP contribution >= 0.6 is 0 Å². The summed E-state index contributed by atoms with van der Waals surface area (Å²) in [6.45, 7) is -0.520. The van der Waals surface area contributed by atoms with Crippen LogP contribution in [0.4, 0.5) is 0 Å². The number of nitrogens with zero attached hydrogens (tertiary/aromatic N) is 1. The van der Waals surface area contributed by atoms with Gasteiger partial charge >= 0.3 is 5.69 Å². The first kappa shape index (κ1) is 12.0. The third-order valence-electron chi connectivity index (χ3n) is 2.66. The number of nitrogens with one attached hydrogen (secondary N) is 1. The van der Waals surface area contributed by atoms with Crippen LogP contribution in [0, 0.1) is 0 Å². The second-order valence-electron chi connectivity index (χ2n) is 3.72. The number of aliphatic hydroxyl groups excluding tert-OH is 3. The number of aromatic nitrogens is 2.